The molecule has 0 amide bonds. The molecule has 1 heterocycles. The Hall–Kier alpha value is -2.33. The van der Waals surface area contributed by atoms with Crippen molar-refractivity contribution in [2.24, 2.45) is 0 Å². The van der Waals surface area contributed by atoms with E-state index in [1.807, 2.05) is 30.3 Å². The standard InChI is InChI=1S/C15H12O4/c1-17-9-18-10-6-7-12-11-4-2-3-5-13(11)15(16)19-14(12)8-10/h2-8H,9H2,1H3. The number of hydrogen-bond donors (Lipinski definition) is 0. The normalized spacial score (nSPS) is 11.0. The molecule has 19 heavy (non-hydrogen) atoms. The number of methoxy groups -OCH3 is 1. The van der Waals surface area contributed by atoms with Crippen LogP contribution < -0.4 is 10.4 Å². The van der Waals surface area contributed by atoms with Crippen LogP contribution in [-0.2, 0) is 4.74 Å². The largest absolute Gasteiger partial charge is 0.467 e. The second kappa shape index (κ2) is 4.74. The van der Waals surface area contributed by atoms with Crippen molar-refractivity contribution in [1.82, 2.24) is 0 Å². The first-order valence-electron chi connectivity index (χ1n) is 5.87. The van der Waals surface area contributed by atoms with Crippen molar-refractivity contribution in [2.45, 2.75) is 0 Å². The highest BCUT2D eigenvalue weighted by atomic mass is 16.7. The molecule has 0 bridgehead atoms. The van der Waals surface area contributed by atoms with Gasteiger partial charge in [-0.25, -0.2) is 4.79 Å². The summed E-state index contributed by atoms with van der Waals surface area (Å²) in [4.78, 5) is 11.9. The molecule has 0 aliphatic rings. The van der Waals surface area contributed by atoms with E-state index in [1.54, 1.807) is 19.2 Å². The lowest BCUT2D eigenvalue weighted by molar-refractivity contribution is 0.0512. The van der Waals surface area contributed by atoms with Crippen molar-refractivity contribution in [2.75, 3.05) is 13.9 Å². The molecule has 2 aromatic carbocycles. The monoisotopic (exact) mass is 256 g/mol. The molecule has 0 saturated carbocycles. The van der Waals surface area contributed by atoms with Crippen LogP contribution in [0.2, 0.25) is 0 Å². The Labute approximate surface area is 109 Å². The first kappa shape index (κ1) is 11.7. The van der Waals surface area contributed by atoms with Crippen molar-refractivity contribution in [1.29, 1.82) is 0 Å². The summed E-state index contributed by atoms with van der Waals surface area (Å²) in [6.07, 6.45) is 0. The average Bonchev–Trinajstić information content (AvgIpc) is 2.45. The zero-order valence-electron chi connectivity index (χ0n) is 10.4. The van der Waals surface area contributed by atoms with Crippen LogP contribution in [0.4, 0.5) is 0 Å². The zero-order valence-corrected chi connectivity index (χ0v) is 10.4. The summed E-state index contributed by atoms with van der Waals surface area (Å²) in [5.41, 5.74) is 0.171. The van der Waals surface area contributed by atoms with Gasteiger partial charge in [0.05, 0.1) is 5.39 Å². The van der Waals surface area contributed by atoms with E-state index in [4.69, 9.17) is 13.9 Å². The lowest BCUT2D eigenvalue weighted by Crippen LogP contribution is -2.01. The van der Waals surface area contributed by atoms with Crippen LogP contribution in [0.25, 0.3) is 21.7 Å². The molecule has 1 aromatic heterocycles. The van der Waals surface area contributed by atoms with E-state index in [0.29, 0.717) is 16.7 Å². The van der Waals surface area contributed by atoms with Crippen molar-refractivity contribution in [3.8, 4) is 5.75 Å². The first-order chi connectivity index (χ1) is 9.29. The molecule has 96 valence electrons. The third kappa shape index (κ3) is 2.06. The van der Waals surface area contributed by atoms with Crippen molar-refractivity contribution < 1.29 is 13.9 Å². The van der Waals surface area contributed by atoms with E-state index in [1.165, 1.54) is 0 Å². The van der Waals surface area contributed by atoms with E-state index in [9.17, 15) is 4.79 Å². The molecule has 0 aliphatic carbocycles. The summed E-state index contributed by atoms with van der Waals surface area (Å²) in [6, 6.07) is 12.8. The van der Waals surface area contributed by atoms with Gasteiger partial charge in [-0.2, -0.15) is 0 Å². The van der Waals surface area contributed by atoms with Crippen molar-refractivity contribution in [3.05, 3.63) is 52.9 Å². The van der Waals surface area contributed by atoms with Gasteiger partial charge in [-0.3, -0.25) is 0 Å². The smallest absolute Gasteiger partial charge is 0.344 e. The van der Waals surface area contributed by atoms with Crippen LogP contribution in [0.15, 0.2) is 51.7 Å². The molecule has 0 aliphatic heterocycles. The topological polar surface area (TPSA) is 48.7 Å². The molecule has 3 rings (SSSR count). The minimum Gasteiger partial charge on any atom is -0.467 e. The summed E-state index contributed by atoms with van der Waals surface area (Å²) in [6.45, 7) is 0.156. The molecule has 3 aromatic rings. The molecule has 4 heteroatoms. The van der Waals surface area contributed by atoms with Gasteiger partial charge in [0.25, 0.3) is 0 Å². The molecule has 0 N–H and O–H groups in total. The quantitative estimate of drug-likeness (QED) is 0.410. The van der Waals surface area contributed by atoms with Gasteiger partial charge in [0.15, 0.2) is 6.79 Å². The second-order valence-electron chi connectivity index (χ2n) is 4.14. The molecular weight excluding hydrogens is 244 g/mol. The minimum atomic E-state index is -0.341. The fraction of sp³-hybridized carbons (Fsp3) is 0.133. The van der Waals surface area contributed by atoms with Crippen LogP contribution >= 0.6 is 0 Å². The maximum absolute atomic E-state index is 11.9. The Morgan fingerprint density at radius 3 is 2.63 bits per heavy atom. The van der Waals surface area contributed by atoms with E-state index in [0.717, 1.165) is 10.8 Å². The van der Waals surface area contributed by atoms with Gasteiger partial charge in [0.2, 0.25) is 0 Å². The SMILES string of the molecule is COCOc1ccc2c(c1)oc(=O)c1ccccc12. The van der Waals surface area contributed by atoms with Gasteiger partial charge in [-0.05, 0) is 23.6 Å². The lowest BCUT2D eigenvalue weighted by atomic mass is 10.1. The lowest BCUT2D eigenvalue weighted by Gasteiger charge is -2.06. The third-order valence-corrected chi connectivity index (χ3v) is 2.94. The Balaban J connectivity index is 2.25. The summed E-state index contributed by atoms with van der Waals surface area (Å²) in [7, 11) is 1.55. The fourth-order valence-corrected chi connectivity index (χ4v) is 2.08. The number of benzene rings is 2. The Morgan fingerprint density at radius 2 is 1.84 bits per heavy atom. The van der Waals surface area contributed by atoms with Gasteiger partial charge in [0, 0.05) is 18.6 Å². The molecular formula is C15H12O4. The number of ether oxygens (including phenoxy) is 2. The predicted octanol–water partition coefficient (Wildman–Crippen LogP) is 2.93. The van der Waals surface area contributed by atoms with Gasteiger partial charge in [0.1, 0.15) is 11.3 Å². The highest BCUT2D eigenvalue weighted by Gasteiger charge is 2.07. The van der Waals surface area contributed by atoms with Crippen LogP contribution in [0.1, 0.15) is 0 Å². The van der Waals surface area contributed by atoms with Crippen molar-refractivity contribution in [3.63, 3.8) is 0 Å². The Kier molecular flexibility index (Phi) is 2.93. The molecule has 0 radical (unpaired) electrons. The molecule has 0 unspecified atom stereocenters. The maximum atomic E-state index is 11.9. The number of hydrogen-bond acceptors (Lipinski definition) is 4. The van der Waals surface area contributed by atoms with E-state index >= 15 is 0 Å². The van der Waals surface area contributed by atoms with Crippen molar-refractivity contribution >= 4 is 21.7 Å². The highest BCUT2D eigenvalue weighted by Crippen LogP contribution is 2.26. The van der Waals surface area contributed by atoms with Gasteiger partial charge >= 0.3 is 5.63 Å². The Morgan fingerprint density at radius 1 is 1.05 bits per heavy atom. The minimum absolute atomic E-state index is 0.156. The van der Waals surface area contributed by atoms with Crippen LogP contribution in [0.3, 0.4) is 0 Å². The van der Waals surface area contributed by atoms with Gasteiger partial charge in [-0.1, -0.05) is 18.2 Å². The summed E-state index contributed by atoms with van der Waals surface area (Å²) in [5.74, 6) is 0.604. The average molecular weight is 256 g/mol. The maximum Gasteiger partial charge on any atom is 0.344 e. The third-order valence-electron chi connectivity index (χ3n) is 2.94. The first-order valence-corrected chi connectivity index (χ1v) is 5.87. The van der Waals surface area contributed by atoms with E-state index in [2.05, 4.69) is 0 Å². The second-order valence-corrected chi connectivity index (χ2v) is 4.14. The highest BCUT2D eigenvalue weighted by molar-refractivity contribution is 6.04. The zero-order chi connectivity index (χ0) is 13.2. The van der Waals surface area contributed by atoms with E-state index in [-0.39, 0.29) is 12.4 Å². The molecule has 4 nitrogen and oxygen atoms in total. The number of fused-ring (bicyclic) bond motifs is 3. The number of rotatable bonds is 3. The van der Waals surface area contributed by atoms with Gasteiger partial charge < -0.3 is 13.9 Å². The van der Waals surface area contributed by atoms with Crippen LogP contribution in [0.5, 0.6) is 5.75 Å². The molecule has 0 spiro atoms. The Bertz CT molecular complexity index is 789. The fourth-order valence-electron chi connectivity index (χ4n) is 2.08. The van der Waals surface area contributed by atoms with Crippen LogP contribution in [-0.4, -0.2) is 13.9 Å². The van der Waals surface area contributed by atoms with Gasteiger partial charge in [-0.15, -0.1) is 0 Å². The summed E-state index contributed by atoms with van der Waals surface area (Å²) >= 11 is 0. The summed E-state index contributed by atoms with van der Waals surface area (Å²) < 4.78 is 15.5. The predicted molar refractivity (Wildman–Crippen MR) is 72.5 cm³/mol. The van der Waals surface area contributed by atoms with E-state index < -0.39 is 0 Å². The van der Waals surface area contributed by atoms with Crippen LogP contribution in [0, 0.1) is 0 Å². The molecule has 0 atom stereocenters. The molecule has 0 fully saturated rings. The molecule has 0 saturated heterocycles. The summed E-state index contributed by atoms with van der Waals surface area (Å²) in [5, 5.41) is 2.35.